The maximum absolute atomic E-state index is 12.2. The average Bonchev–Trinajstić information content (AvgIpc) is 2.02. The van der Waals surface area contributed by atoms with Crippen molar-refractivity contribution in [3.63, 3.8) is 0 Å². The van der Waals surface area contributed by atoms with Gasteiger partial charge in [-0.15, -0.1) is 12.6 Å². The molecule has 0 bridgehead atoms. The van der Waals surface area contributed by atoms with Crippen molar-refractivity contribution in [2.45, 2.75) is 11.1 Å². The number of nitro groups is 1. The molecule has 0 saturated heterocycles. The Bertz CT molecular complexity index is 378. The van der Waals surface area contributed by atoms with E-state index in [0.717, 1.165) is 12.1 Å². The largest absolute Gasteiger partial charge is 0.417 e. The van der Waals surface area contributed by atoms with E-state index in [1.54, 1.807) is 0 Å². The van der Waals surface area contributed by atoms with E-state index in [2.05, 4.69) is 12.6 Å². The minimum Gasteiger partial charge on any atom is -0.258 e. The molecule has 0 saturated carbocycles. The summed E-state index contributed by atoms with van der Waals surface area (Å²) in [4.78, 5) is 8.99. The molecule has 0 aliphatic rings. The van der Waals surface area contributed by atoms with Crippen molar-refractivity contribution in [1.82, 2.24) is 0 Å². The van der Waals surface area contributed by atoms with Crippen LogP contribution in [0.2, 0.25) is 0 Å². The predicted molar refractivity (Wildman–Crippen MR) is 45.4 cm³/mol. The Morgan fingerprint density at radius 3 is 2.36 bits per heavy atom. The summed E-state index contributed by atoms with van der Waals surface area (Å²) in [6, 6.07) is 2.38. The Labute approximate surface area is 82.1 Å². The molecule has 1 aromatic carbocycles. The van der Waals surface area contributed by atoms with E-state index in [4.69, 9.17) is 0 Å². The highest BCUT2D eigenvalue weighted by Crippen LogP contribution is 2.35. The van der Waals surface area contributed by atoms with Crippen LogP contribution < -0.4 is 0 Å². The number of nitrogens with zero attached hydrogens (tertiary/aromatic N) is 1. The van der Waals surface area contributed by atoms with Gasteiger partial charge in [0.2, 0.25) is 0 Å². The van der Waals surface area contributed by atoms with Crippen molar-refractivity contribution in [2.75, 3.05) is 0 Å². The molecule has 0 fully saturated rings. The molecule has 1 rings (SSSR count). The first-order valence-electron chi connectivity index (χ1n) is 3.37. The van der Waals surface area contributed by atoms with Gasteiger partial charge in [-0.05, 0) is 6.07 Å². The molecule has 14 heavy (non-hydrogen) atoms. The third kappa shape index (κ3) is 2.16. The summed E-state index contributed by atoms with van der Waals surface area (Å²) in [6.07, 6.45) is -4.62. The molecule has 0 atom stereocenters. The van der Waals surface area contributed by atoms with E-state index in [-0.39, 0.29) is 4.90 Å². The van der Waals surface area contributed by atoms with E-state index >= 15 is 0 Å². The molecule has 0 aliphatic heterocycles. The summed E-state index contributed by atoms with van der Waals surface area (Å²) in [7, 11) is 0. The lowest BCUT2D eigenvalue weighted by Crippen LogP contribution is -2.06. The zero-order valence-electron chi connectivity index (χ0n) is 6.58. The lowest BCUT2D eigenvalue weighted by molar-refractivity contribution is -0.385. The Balaban J connectivity index is 3.29. The summed E-state index contributed by atoms with van der Waals surface area (Å²) in [5.41, 5.74) is -1.70. The summed E-state index contributed by atoms with van der Waals surface area (Å²) >= 11 is 3.56. The number of hydrogen-bond acceptors (Lipinski definition) is 3. The number of benzene rings is 1. The van der Waals surface area contributed by atoms with Gasteiger partial charge in [0.25, 0.3) is 5.69 Å². The van der Waals surface area contributed by atoms with Crippen molar-refractivity contribution < 1.29 is 18.1 Å². The maximum atomic E-state index is 12.2. The van der Waals surface area contributed by atoms with Crippen molar-refractivity contribution in [3.8, 4) is 0 Å². The highest BCUT2D eigenvalue weighted by molar-refractivity contribution is 7.80. The monoisotopic (exact) mass is 223 g/mol. The number of alkyl halides is 3. The number of nitro benzene ring substituents is 1. The van der Waals surface area contributed by atoms with E-state index in [1.807, 2.05) is 0 Å². The van der Waals surface area contributed by atoms with Gasteiger partial charge in [0.15, 0.2) is 0 Å². The van der Waals surface area contributed by atoms with Crippen LogP contribution in [0.4, 0.5) is 18.9 Å². The lowest BCUT2D eigenvalue weighted by Gasteiger charge is -2.08. The second-order valence-electron chi connectivity index (χ2n) is 2.46. The molecule has 0 spiro atoms. The van der Waals surface area contributed by atoms with E-state index in [9.17, 15) is 23.3 Å². The van der Waals surface area contributed by atoms with Crippen molar-refractivity contribution in [2.24, 2.45) is 0 Å². The summed E-state index contributed by atoms with van der Waals surface area (Å²) in [6.45, 7) is 0. The first-order chi connectivity index (χ1) is 6.32. The van der Waals surface area contributed by atoms with Gasteiger partial charge in [0, 0.05) is 17.0 Å². The van der Waals surface area contributed by atoms with E-state index in [0.29, 0.717) is 6.07 Å². The molecule has 0 amide bonds. The van der Waals surface area contributed by atoms with Crippen LogP contribution in [-0.2, 0) is 6.18 Å². The lowest BCUT2D eigenvalue weighted by atomic mass is 10.2. The summed E-state index contributed by atoms with van der Waals surface area (Å²) in [5, 5.41) is 10.2. The smallest absolute Gasteiger partial charge is 0.258 e. The molecule has 0 N–H and O–H groups in total. The minimum absolute atomic E-state index is 0.330. The maximum Gasteiger partial charge on any atom is 0.417 e. The van der Waals surface area contributed by atoms with E-state index in [1.165, 1.54) is 0 Å². The zero-order valence-corrected chi connectivity index (χ0v) is 7.47. The molecule has 0 heterocycles. The van der Waals surface area contributed by atoms with E-state index < -0.39 is 22.4 Å². The Kier molecular flexibility index (Phi) is 2.70. The molecule has 0 aromatic heterocycles. The van der Waals surface area contributed by atoms with Crippen molar-refractivity contribution in [3.05, 3.63) is 33.9 Å². The van der Waals surface area contributed by atoms with Crippen LogP contribution in [0.5, 0.6) is 0 Å². The Hall–Kier alpha value is -1.24. The quantitative estimate of drug-likeness (QED) is 0.452. The van der Waals surface area contributed by atoms with Gasteiger partial charge < -0.3 is 0 Å². The minimum atomic E-state index is -4.62. The second-order valence-corrected chi connectivity index (χ2v) is 2.94. The topological polar surface area (TPSA) is 43.1 Å². The number of halogens is 3. The summed E-state index contributed by atoms with van der Waals surface area (Å²) in [5.74, 6) is 0. The fourth-order valence-electron chi connectivity index (χ4n) is 0.865. The van der Waals surface area contributed by atoms with Crippen molar-refractivity contribution >= 4 is 18.3 Å². The summed E-state index contributed by atoms with van der Waals surface area (Å²) < 4.78 is 36.7. The molecule has 3 nitrogen and oxygen atoms in total. The Morgan fingerprint density at radius 1 is 1.36 bits per heavy atom. The molecular formula is C7H4F3NO2S. The van der Waals surface area contributed by atoms with Crippen LogP contribution in [0, 0.1) is 10.1 Å². The van der Waals surface area contributed by atoms with Crippen molar-refractivity contribution in [1.29, 1.82) is 0 Å². The molecule has 0 aliphatic carbocycles. The van der Waals surface area contributed by atoms with Gasteiger partial charge in [-0.3, -0.25) is 10.1 Å². The molecular weight excluding hydrogens is 219 g/mol. The van der Waals surface area contributed by atoms with Gasteiger partial charge in [-0.25, -0.2) is 0 Å². The van der Waals surface area contributed by atoms with Crippen LogP contribution in [0.3, 0.4) is 0 Å². The number of non-ortho nitro benzene ring substituents is 1. The first kappa shape index (κ1) is 10.8. The molecule has 0 unspecified atom stereocenters. The molecule has 76 valence electrons. The van der Waals surface area contributed by atoms with Crippen LogP contribution in [0.1, 0.15) is 5.56 Å². The third-order valence-electron chi connectivity index (χ3n) is 1.50. The zero-order chi connectivity index (χ0) is 10.9. The van der Waals surface area contributed by atoms with Crippen LogP contribution in [0.15, 0.2) is 23.1 Å². The number of hydrogen-bond donors (Lipinski definition) is 1. The fourth-order valence-corrected chi connectivity index (χ4v) is 1.13. The average molecular weight is 223 g/mol. The molecule has 1 aromatic rings. The first-order valence-corrected chi connectivity index (χ1v) is 3.81. The van der Waals surface area contributed by atoms with Gasteiger partial charge >= 0.3 is 6.18 Å². The number of thiol groups is 1. The van der Waals surface area contributed by atoms with Gasteiger partial charge in [-0.2, -0.15) is 13.2 Å². The number of rotatable bonds is 1. The highest BCUT2D eigenvalue weighted by atomic mass is 32.1. The highest BCUT2D eigenvalue weighted by Gasteiger charge is 2.34. The van der Waals surface area contributed by atoms with Crippen LogP contribution in [-0.4, -0.2) is 4.92 Å². The van der Waals surface area contributed by atoms with Gasteiger partial charge in [0.1, 0.15) is 0 Å². The van der Waals surface area contributed by atoms with Crippen LogP contribution in [0.25, 0.3) is 0 Å². The SMILES string of the molecule is O=[N+]([O-])c1ccc(S)c(C(F)(F)F)c1. The molecule has 0 radical (unpaired) electrons. The van der Waals surface area contributed by atoms with Gasteiger partial charge in [0.05, 0.1) is 10.5 Å². The fraction of sp³-hybridized carbons (Fsp3) is 0.143. The third-order valence-corrected chi connectivity index (χ3v) is 1.89. The standard InChI is InChI=1S/C7H4F3NO2S/c8-7(9,10)5-3-4(11(12)13)1-2-6(5)14/h1-3,14H. The predicted octanol–water partition coefficient (Wildman–Crippen LogP) is 2.90. The molecule has 7 heteroatoms. The van der Waals surface area contributed by atoms with Crippen LogP contribution >= 0.6 is 12.6 Å². The Morgan fingerprint density at radius 2 is 1.93 bits per heavy atom. The normalized spacial score (nSPS) is 11.4. The second kappa shape index (κ2) is 3.49. The van der Waals surface area contributed by atoms with Gasteiger partial charge in [-0.1, -0.05) is 0 Å².